The van der Waals surface area contributed by atoms with Gasteiger partial charge in [-0.25, -0.2) is 8.42 Å². The normalized spacial score (nSPS) is 19.8. The largest absolute Gasteiger partial charge is 1.00 e. The van der Waals surface area contributed by atoms with E-state index in [4.69, 9.17) is 28.9 Å². The molecule has 0 fully saturated rings. The number of carbonyl (C=O) groups is 2. The van der Waals surface area contributed by atoms with Crippen LogP contribution in [0.15, 0.2) is 85.2 Å². The van der Waals surface area contributed by atoms with Gasteiger partial charge in [0.25, 0.3) is 11.8 Å². The Labute approximate surface area is 415 Å². The number of benzene rings is 4. The molecule has 0 aliphatic carbocycles. The maximum absolute atomic E-state index is 14.1. The summed E-state index contributed by atoms with van der Waals surface area (Å²) in [6.45, 7) is 4.20. The maximum Gasteiger partial charge on any atom is 1.00 e. The minimum atomic E-state index is -4.94. The van der Waals surface area contributed by atoms with Gasteiger partial charge in [-0.15, -0.1) is 0 Å². The van der Waals surface area contributed by atoms with Crippen molar-refractivity contribution >= 4 is 57.4 Å². The molecule has 63 heavy (non-hydrogen) atoms. The van der Waals surface area contributed by atoms with Gasteiger partial charge in [0.05, 0.1) is 62.0 Å². The van der Waals surface area contributed by atoms with Gasteiger partial charge in [0.1, 0.15) is 15.5 Å². The number of rotatable bonds is 14. The molecule has 4 atom stereocenters. The van der Waals surface area contributed by atoms with Crippen LogP contribution in [-0.4, -0.2) is 85.7 Å². The van der Waals surface area contributed by atoms with E-state index in [1.165, 1.54) is 31.3 Å². The van der Waals surface area contributed by atoms with E-state index in [9.17, 15) is 22.6 Å². The second kappa shape index (κ2) is 20.6. The Morgan fingerprint density at radius 2 is 1.16 bits per heavy atom. The van der Waals surface area contributed by atoms with Crippen molar-refractivity contribution in [1.82, 2.24) is 9.80 Å². The minimum absolute atomic E-state index is 0. The Morgan fingerprint density at radius 1 is 0.698 bits per heavy atom. The van der Waals surface area contributed by atoms with Crippen LogP contribution in [0.5, 0.6) is 23.0 Å². The Morgan fingerprint density at radius 3 is 1.62 bits per heavy atom. The molecule has 2 amide bonds. The molecule has 16 nitrogen and oxygen atoms in total. The molecule has 8 rings (SSSR count). The number of carbonyl (C=O) groups excluding carboxylic acids is 2. The number of anilines is 2. The molecule has 4 aromatic rings. The summed E-state index contributed by atoms with van der Waals surface area (Å²) in [7, 11) is -2.05. The quantitative estimate of drug-likeness (QED) is 0.0433. The third-order valence-corrected chi connectivity index (χ3v) is 12.2. The second-order valence-corrected chi connectivity index (χ2v) is 16.6. The first-order valence-corrected chi connectivity index (χ1v) is 21.2. The van der Waals surface area contributed by atoms with Gasteiger partial charge in [0, 0.05) is 31.0 Å². The van der Waals surface area contributed by atoms with Crippen molar-refractivity contribution in [2.75, 3.05) is 38.1 Å². The van der Waals surface area contributed by atoms with Gasteiger partial charge in [0.2, 0.25) is 0 Å². The number of nitrogens with zero attached hydrogens (tertiary/aromatic N) is 2. The van der Waals surface area contributed by atoms with E-state index in [1.54, 1.807) is 29.4 Å². The summed E-state index contributed by atoms with van der Waals surface area (Å²) in [6.07, 6.45) is 3.47. The molecule has 4 heterocycles. The van der Waals surface area contributed by atoms with Crippen molar-refractivity contribution in [3.8, 4) is 23.0 Å². The van der Waals surface area contributed by atoms with Crippen LogP contribution in [0, 0.1) is 13.8 Å². The van der Waals surface area contributed by atoms with Gasteiger partial charge in [-0.3, -0.25) is 9.59 Å². The van der Waals surface area contributed by atoms with Crippen molar-refractivity contribution in [3.05, 3.63) is 119 Å². The van der Waals surface area contributed by atoms with Crippen LogP contribution in [-0.2, 0) is 37.3 Å². The van der Waals surface area contributed by atoms with E-state index in [0.29, 0.717) is 35.6 Å². The average Bonchev–Trinajstić information content (AvgIpc) is 3.85. The smallest absolute Gasteiger partial charge is 0.746 e. The number of hydrogen-bond acceptors (Lipinski definition) is 15. The first-order valence-electron chi connectivity index (χ1n) is 19.4. The average molecular weight is 917 g/mol. The van der Waals surface area contributed by atoms with E-state index >= 15 is 0 Å². The van der Waals surface area contributed by atoms with Crippen molar-refractivity contribution in [1.29, 1.82) is 0 Å². The fraction of sp³-hybridized carbons (Fsp3) is 0.302. The van der Waals surface area contributed by atoms with Gasteiger partial charge in [-0.1, -0.05) is 64.7 Å². The molecule has 0 radical (unpaired) electrons. The van der Waals surface area contributed by atoms with Gasteiger partial charge < -0.3 is 61.2 Å². The fourth-order valence-corrected chi connectivity index (χ4v) is 8.91. The number of nitrogens with one attached hydrogen (secondary N) is 2. The molecular weight excluding hydrogens is 875 g/mol. The molecule has 20 heteroatoms. The van der Waals surface area contributed by atoms with E-state index in [2.05, 4.69) is 27.9 Å². The molecule has 2 unspecified atom stereocenters. The molecule has 320 valence electrons. The SMILES string of the molecule is COc1cc2c(cc1OCCCOc1cc3c(cc1OC)C(=O)N1C=C(c4ccc(C)cc4)C[C@H]1C(S(=O)(=O)[O-])N3)NC(OOO[S-])[C@@H]1CC(c3ccc(C)cc3)=CN1C2=O.[Na+].[Na+]. The Bertz CT molecular complexity index is 2530. The summed E-state index contributed by atoms with van der Waals surface area (Å²) < 4.78 is 65.8. The zero-order valence-corrected chi connectivity index (χ0v) is 41.2. The zero-order chi connectivity index (χ0) is 43.0. The minimum Gasteiger partial charge on any atom is -0.746 e. The van der Waals surface area contributed by atoms with E-state index in [1.807, 2.05) is 62.4 Å². The first-order chi connectivity index (χ1) is 29.4. The standard InChI is InChI=1S/C43H44N4O12S2.2Na/c1-24-6-10-26(11-7-24)28-16-34-40(57-58-59-60)44-32-20-38(36(53-3)18-30(32)42(48)46(34)22-28)55-14-5-15-56-39-21-33-31(19-37(39)54-4)43(49)47-23-29(27-12-8-25(2)9-13-27)17-35(47)41(45-33)61(50,51)52;;/h6-13,18-23,34-35,40-41,44-45,60H,5,14-17H2,1-4H3,(H,50,51,52);;/q;2*+1/p-2/t34-,35-,40?,41?;;/m0../s1. The monoisotopic (exact) mass is 916 g/mol. The predicted molar refractivity (Wildman–Crippen MR) is 224 cm³/mol. The predicted octanol–water partition coefficient (Wildman–Crippen LogP) is 0.0778. The molecule has 4 aliphatic heterocycles. The second-order valence-electron chi connectivity index (χ2n) is 15.0. The summed E-state index contributed by atoms with van der Waals surface area (Å²) in [5, 5.41) is 9.16. The molecule has 0 spiro atoms. The van der Waals surface area contributed by atoms with Crippen LogP contribution < -0.4 is 88.7 Å². The third kappa shape index (κ3) is 10.2. The molecule has 0 saturated heterocycles. The third-order valence-electron chi connectivity index (χ3n) is 11.1. The van der Waals surface area contributed by atoms with Gasteiger partial charge in [0.15, 0.2) is 29.2 Å². The summed E-state index contributed by atoms with van der Waals surface area (Å²) in [4.78, 5) is 36.4. The van der Waals surface area contributed by atoms with Crippen LogP contribution in [0.1, 0.15) is 62.2 Å². The van der Waals surface area contributed by atoms with Crippen molar-refractivity contribution in [3.63, 3.8) is 0 Å². The summed E-state index contributed by atoms with van der Waals surface area (Å²) in [5.41, 5.74) is 6.56. The van der Waals surface area contributed by atoms with Gasteiger partial charge in [-0.05, 0) is 61.1 Å². The van der Waals surface area contributed by atoms with Gasteiger partial charge in [-0.2, -0.15) is 4.89 Å². The molecule has 0 aromatic heterocycles. The van der Waals surface area contributed by atoms with Crippen molar-refractivity contribution in [2.24, 2.45) is 0 Å². The molecule has 0 bridgehead atoms. The van der Waals surface area contributed by atoms with Crippen LogP contribution in [0.4, 0.5) is 11.4 Å². The number of aryl methyl sites for hydroxylation is 2. The molecule has 4 aromatic carbocycles. The van der Waals surface area contributed by atoms with E-state index in [0.717, 1.165) is 33.4 Å². The topological polar surface area (TPSA) is 186 Å². The van der Waals surface area contributed by atoms with E-state index < -0.39 is 39.7 Å². The van der Waals surface area contributed by atoms with Gasteiger partial charge >= 0.3 is 59.1 Å². The van der Waals surface area contributed by atoms with Crippen molar-refractivity contribution in [2.45, 2.75) is 56.8 Å². The number of ether oxygens (including phenoxy) is 4. The van der Waals surface area contributed by atoms with Crippen LogP contribution in [0.2, 0.25) is 0 Å². The number of fused-ring (bicyclic) bond motifs is 4. The zero-order valence-electron chi connectivity index (χ0n) is 35.5. The van der Waals surface area contributed by atoms with Crippen LogP contribution >= 0.6 is 0 Å². The fourth-order valence-electron chi connectivity index (χ4n) is 7.99. The number of hydrogen-bond donors (Lipinski definition) is 2. The van der Waals surface area contributed by atoms with Crippen LogP contribution in [0.3, 0.4) is 0 Å². The van der Waals surface area contributed by atoms with Crippen LogP contribution in [0.25, 0.3) is 11.1 Å². The summed E-state index contributed by atoms with van der Waals surface area (Å²) >= 11 is 4.47. The molecule has 4 aliphatic rings. The molecular formula is C43H42N4Na2O12S2. The Kier molecular flexibility index (Phi) is 15.9. The molecule has 0 saturated carbocycles. The Hall–Kier alpha value is -3.76. The summed E-state index contributed by atoms with van der Waals surface area (Å²) in [5.74, 6) is 0.283. The maximum atomic E-state index is 14.1. The van der Waals surface area contributed by atoms with E-state index in [-0.39, 0.29) is 107 Å². The Balaban J connectivity index is 0.00000330. The van der Waals surface area contributed by atoms with Crippen molar-refractivity contribution < 1.29 is 115 Å². The first kappa shape index (κ1) is 48.7. The number of amides is 2. The summed E-state index contributed by atoms with van der Waals surface area (Å²) in [6, 6.07) is 20.3. The number of methoxy groups -OCH3 is 2. The molecule has 2 N–H and O–H groups in total.